The summed E-state index contributed by atoms with van der Waals surface area (Å²) in [4.78, 5) is 23.4. The van der Waals surface area contributed by atoms with Gasteiger partial charge in [-0.05, 0) is 24.1 Å². The van der Waals surface area contributed by atoms with Gasteiger partial charge in [0.1, 0.15) is 0 Å². The second-order valence-electron chi connectivity index (χ2n) is 5.05. The van der Waals surface area contributed by atoms with E-state index in [0.29, 0.717) is 25.1 Å². The van der Waals surface area contributed by atoms with Gasteiger partial charge in [0.2, 0.25) is 5.91 Å². The van der Waals surface area contributed by atoms with Crippen LogP contribution in [0.2, 0.25) is 0 Å². The molecule has 0 spiro atoms. The molecule has 2 rings (SSSR count). The molecule has 1 heterocycles. The van der Waals surface area contributed by atoms with Gasteiger partial charge in [-0.3, -0.25) is 9.59 Å². The molecule has 2 unspecified atom stereocenters. The molecule has 3 N–H and O–H groups in total. The van der Waals surface area contributed by atoms with Gasteiger partial charge in [0.05, 0.1) is 12.1 Å². The van der Waals surface area contributed by atoms with Gasteiger partial charge in [-0.15, -0.1) is 0 Å². The first-order valence-corrected chi connectivity index (χ1v) is 6.99. The lowest BCUT2D eigenvalue weighted by molar-refractivity contribution is -0.123. The van der Waals surface area contributed by atoms with E-state index in [4.69, 9.17) is 4.74 Å². The van der Waals surface area contributed by atoms with E-state index in [-0.39, 0.29) is 24.0 Å². The number of ether oxygens (including phenoxy) is 1. The molecule has 6 nitrogen and oxygen atoms in total. The highest BCUT2D eigenvalue weighted by atomic mass is 16.5. The molecule has 1 fully saturated rings. The average molecular weight is 291 g/mol. The summed E-state index contributed by atoms with van der Waals surface area (Å²) in [6.07, 6.45) is 0.797. The minimum Gasteiger partial charge on any atom is -0.380 e. The molecule has 1 aliphatic heterocycles. The molecule has 21 heavy (non-hydrogen) atoms. The smallest absolute Gasteiger partial charge is 0.251 e. The third-order valence-electron chi connectivity index (χ3n) is 3.65. The van der Waals surface area contributed by atoms with Crippen molar-refractivity contribution in [1.82, 2.24) is 16.0 Å². The van der Waals surface area contributed by atoms with E-state index in [9.17, 15) is 9.59 Å². The van der Waals surface area contributed by atoms with Gasteiger partial charge in [0.15, 0.2) is 0 Å². The van der Waals surface area contributed by atoms with Crippen LogP contribution in [0.3, 0.4) is 0 Å². The van der Waals surface area contributed by atoms with E-state index in [0.717, 1.165) is 5.56 Å². The monoisotopic (exact) mass is 291 g/mol. The van der Waals surface area contributed by atoms with Crippen LogP contribution in [0.4, 0.5) is 0 Å². The molecule has 0 radical (unpaired) electrons. The first-order chi connectivity index (χ1) is 10.1. The van der Waals surface area contributed by atoms with Crippen LogP contribution in [0.15, 0.2) is 24.3 Å². The van der Waals surface area contributed by atoms with Gasteiger partial charge < -0.3 is 20.7 Å². The first kappa shape index (κ1) is 15.5. The van der Waals surface area contributed by atoms with Crippen LogP contribution in [0, 0.1) is 0 Å². The molecule has 114 valence electrons. The predicted molar refractivity (Wildman–Crippen MR) is 78.9 cm³/mol. The molecule has 2 atom stereocenters. The molecule has 1 saturated heterocycles. The summed E-state index contributed by atoms with van der Waals surface area (Å²) < 4.78 is 5.22. The molecular formula is C15H21N3O3. The number of hydrogen-bond acceptors (Lipinski definition) is 4. The molecule has 1 aliphatic rings. The fourth-order valence-corrected chi connectivity index (χ4v) is 2.31. The van der Waals surface area contributed by atoms with Crippen molar-refractivity contribution in [2.75, 3.05) is 20.7 Å². The van der Waals surface area contributed by atoms with E-state index in [2.05, 4.69) is 16.0 Å². The second kappa shape index (κ2) is 7.19. The second-order valence-corrected chi connectivity index (χ2v) is 5.05. The normalized spacial score (nSPS) is 21.0. The Bertz CT molecular complexity index is 501. The number of methoxy groups -OCH3 is 1. The van der Waals surface area contributed by atoms with E-state index in [1.54, 1.807) is 26.3 Å². The van der Waals surface area contributed by atoms with Gasteiger partial charge in [0, 0.05) is 32.8 Å². The number of rotatable bonds is 5. The van der Waals surface area contributed by atoms with Crippen molar-refractivity contribution in [3.05, 3.63) is 35.4 Å². The van der Waals surface area contributed by atoms with Gasteiger partial charge in [-0.1, -0.05) is 12.1 Å². The molecule has 0 bridgehead atoms. The molecule has 1 aromatic rings. The molecule has 1 aromatic carbocycles. The summed E-state index contributed by atoms with van der Waals surface area (Å²) in [5.74, 6) is -0.142. The number of carbonyl (C=O) groups is 2. The highest BCUT2D eigenvalue weighted by Crippen LogP contribution is 2.10. The molecule has 6 heteroatoms. The number of hydrogen-bond donors (Lipinski definition) is 3. The van der Waals surface area contributed by atoms with Crippen molar-refractivity contribution < 1.29 is 14.3 Å². The van der Waals surface area contributed by atoms with Crippen molar-refractivity contribution in [3.8, 4) is 0 Å². The summed E-state index contributed by atoms with van der Waals surface area (Å²) in [7, 11) is 3.25. The summed E-state index contributed by atoms with van der Waals surface area (Å²) in [6, 6.07) is 6.97. The fourth-order valence-electron chi connectivity index (χ4n) is 2.31. The summed E-state index contributed by atoms with van der Waals surface area (Å²) in [5, 5.41) is 8.59. The number of nitrogens with one attached hydrogen (secondary N) is 3. The Balaban J connectivity index is 1.83. The van der Waals surface area contributed by atoms with Crippen molar-refractivity contribution in [3.63, 3.8) is 0 Å². The third-order valence-corrected chi connectivity index (χ3v) is 3.65. The van der Waals surface area contributed by atoms with Crippen molar-refractivity contribution in [2.24, 2.45) is 0 Å². The van der Waals surface area contributed by atoms with Crippen LogP contribution in [0.25, 0.3) is 0 Å². The molecule has 0 aromatic heterocycles. The summed E-state index contributed by atoms with van der Waals surface area (Å²) in [5.41, 5.74) is 1.56. The Kier molecular flexibility index (Phi) is 5.30. The maximum Gasteiger partial charge on any atom is 0.251 e. The van der Waals surface area contributed by atoms with Crippen LogP contribution in [-0.4, -0.2) is 44.7 Å². The van der Waals surface area contributed by atoms with Gasteiger partial charge in [0.25, 0.3) is 5.91 Å². The first-order valence-electron chi connectivity index (χ1n) is 6.99. The van der Waals surface area contributed by atoms with Crippen molar-refractivity contribution in [1.29, 1.82) is 0 Å². The van der Waals surface area contributed by atoms with E-state index >= 15 is 0 Å². The zero-order valence-electron chi connectivity index (χ0n) is 12.3. The molecule has 0 saturated carbocycles. The van der Waals surface area contributed by atoms with E-state index < -0.39 is 0 Å². The summed E-state index contributed by atoms with van der Waals surface area (Å²) in [6.45, 7) is 1.15. The quantitative estimate of drug-likeness (QED) is 0.715. The Hall–Kier alpha value is -1.92. The minimum absolute atomic E-state index is 0.0232. The Morgan fingerprint density at radius 2 is 2.05 bits per heavy atom. The van der Waals surface area contributed by atoms with Crippen LogP contribution < -0.4 is 16.0 Å². The number of amides is 2. The van der Waals surface area contributed by atoms with Crippen LogP contribution in [0.1, 0.15) is 22.3 Å². The highest BCUT2D eigenvalue weighted by Gasteiger charge is 2.28. The Morgan fingerprint density at radius 1 is 1.33 bits per heavy atom. The van der Waals surface area contributed by atoms with Crippen molar-refractivity contribution >= 4 is 11.8 Å². The fraction of sp³-hybridized carbons (Fsp3) is 0.467. The summed E-state index contributed by atoms with van der Waals surface area (Å²) >= 11 is 0. The molecule has 2 amide bonds. The largest absolute Gasteiger partial charge is 0.380 e. The lowest BCUT2D eigenvalue weighted by Gasteiger charge is -2.11. The van der Waals surface area contributed by atoms with Gasteiger partial charge in [-0.2, -0.15) is 0 Å². The number of carbonyl (C=O) groups excluding carboxylic acids is 2. The zero-order valence-corrected chi connectivity index (χ0v) is 12.3. The number of benzene rings is 1. The Morgan fingerprint density at radius 3 is 2.62 bits per heavy atom. The van der Waals surface area contributed by atoms with Crippen LogP contribution in [0.5, 0.6) is 0 Å². The SMILES string of the molecule is CNC(=O)c1ccc(CNC(=O)C2CC(OC)CN2)cc1. The third kappa shape index (κ3) is 4.03. The molecule has 0 aliphatic carbocycles. The van der Waals surface area contributed by atoms with Crippen LogP contribution >= 0.6 is 0 Å². The van der Waals surface area contributed by atoms with Crippen molar-refractivity contribution in [2.45, 2.75) is 25.1 Å². The highest BCUT2D eigenvalue weighted by molar-refractivity contribution is 5.93. The zero-order chi connectivity index (χ0) is 15.2. The van der Waals surface area contributed by atoms with E-state index in [1.165, 1.54) is 0 Å². The minimum atomic E-state index is -0.194. The van der Waals surface area contributed by atoms with E-state index in [1.807, 2.05) is 12.1 Å². The maximum absolute atomic E-state index is 12.0. The van der Waals surface area contributed by atoms with Gasteiger partial charge >= 0.3 is 0 Å². The molecular weight excluding hydrogens is 270 g/mol. The van der Waals surface area contributed by atoms with Gasteiger partial charge in [-0.25, -0.2) is 0 Å². The Labute approximate surface area is 124 Å². The lowest BCUT2D eigenvalue weighted by atomic mass is 10.1. The lowest BCUT2D eigenvalue weighted by Crippen LogP contribution is -2.40. The predicted octanol–water partition coefficient (Wildman–Crippen LogP) is 0.0393. The topological polar surface area (TPSA) is 79.5 Å². The average Bonchev–Trinajstić information content (AvgIpc) is 3.01. The van der Waals surface area contributed by atoms with Crippen LogP contribution in [-0.2, 0) is 16.1 Å². The maximum atomic E-state index is 12.0. The standard InChI is InChI=1S/C15H21N3O3/c1-16-14(19)11-5-3-10(4-6-11)8-18-15(20)13-7-12(21-2)9-17-13/h3-6,12-13,17H,7-9H2,1-2H3,(H,16,19)(H,18,20).